The molecule has 1 fully saturated rings. The molecule has 3 aromatic rings. The van der Waals surface area contributed by atoms with Crippen molar-refractivity contribution in [2.75, 3.05) is 26.2 Å². The van der Waals surface area contributed by atoms with Crippen molar-refractivity contribution in [3.63, 3.8) is 0 Å². The van der Waals surface area contributed by atoms with E-state index in [-0.39, 0.29) is 23.9 Å². The Kier molecular flexibility index (Phi) is 5.82. The predicted octanol–water partition coefficient (Wildman–Crippen LogP) is 2.51. The Labute approximate surface area is 187 Å². The van der Waals surface area contributed by atoms with Crippen LogP contribution in [-0.2, 0) is 10.0 Å². The monoisotopic (exact) mass is 449 g/mol. The molecule has 1 aliphatic heterocycles. The largest absolute Gasteiger partial charge is 0.336 e. The molecule has 0 radical (unpaired) electrons. The lowest BCUT2D eigenvalue weighted by atomic mass is 10.1. The molecular weight excluding hydrogens is 426 g/mol. The van der Waals surface area contributed by atoms with Gasteiger partial charge in [0.15, 0.2) is 0 Å². The van der Waals surface area contributed by atoms with E-state index < -0.39 is 10.0 Å². The zero-order chi connectivity index (χ0) is 22.9. The minimum Gasteiger partial charge on any atom is -0.336 e. The highest BCUT2D eigenvalue weighted by atomic mass is 32.2. The van der Waals surface area contributed by atoms with Crippen LogP contribution in [0.2, 0.25) is 0 Å². The second-order valence-corrected chi connectivity index (χ2v) is 9.66. The van der Waals surface area contributed by atoms with Crippen molar-refractivity contribution >= 4 is 15.9 Å². The minimum atomic E-state index is -3.66. The van der Waals surface area contributed by atoms with E-state index in [4.69, 9.17) is 5.26 Å². The summed E-state index contributed by atoms with van der Waals surface area (Å²) >= 11 is 0. The van der Waals surface area contributed by atoms with Crippen molar-refractivity contribution in [2.45, 2.75) is 18.7 Å². The average molecular weight is 450 g/mol. The second-order valence-electron chi connectivity index (χ2n) is 7.72. The summed E-state index contributed by atoms with van der Waals surface area (Å²) in [7, 11) is -3.66. The third-order valence-corrected chi connectivity index (χ3v) is 7.43. The van der Waals surface area contributed by atoms with Gasteiger partial charge in [0.05, 0.1) is 27.9 Å². The number of piperazine rings is 1. The fraction of sp³-hybridized carbons (Fsp3) is 0.261. The van der Waals surface area contributed by atoms with Crippen LogP contribution < -0.4 is 0 Å². The van der Waals surface area contributed by atoms with E-state index in [1.165, 1.54) is 28.6 Å². The SMILES string of the molecule is Cc1cc(C)n(-c2ccc(C(=O)N3CCN(S(=O)(=O)c4ccc(C#N)cc4)CC3)cc2)n1. The Bertz CT molecular complexity index is 1280. The summed E-state index contributed by atoms with van der Waals surface area (Å²) in [4.78, 5) is 14.7. The molecule has 0 atom stereocenters. The van der Waals surface area contributed by atoms with E-state index in [0.29, 0.717) is 24.2 Å². The van der Waals surface area contributed by atoms with Gasteiger partial charge in [0, 0.05) is 37.4 Å². The predicted molar refractivity (Wildman–Crippen MR) is 119 cm³/mol. The van der Waals surface area contributed by atoms with Gasteiger partial charge >= 0.3 is 0 Å². The van der Waals surface area contributed by atoms with Crippen LogP contribution in [0.4, 0.5) is 0 Å². The number of aromatic nitrogens is 2. The van der Waals surface area contributed by atoms with E-state index in [9.17, 15) is 13.2 Å². The van der Waals surface area contributed by atoms with Crippen LogP contribution in [0, 0.1) is 25.2 Å². The van der Waals surface area contributed by atoms with Crippen molar-refractivity contribution in [3.8, 4) is 11.8 Å². The summed E-state index contributed by atoms with van der Waals surface area (Å²) in [5.74, 6) is -0.125. The summed E-state index contributed by atoms with van der Waals surface area (Å²) in [5.41, 5.74) is 3.78. The Hall–Kier alpha value is -3.48. The number of nitrogens with zero attached hydrogens (tertiary/aromatic N) is 5. The molecule has 32 heavy (non-hydrogen) atoms. The summed E-state index contributed by atoms with van der Waals surface area (Å²) in [6, 6.07) is 17.1. The van der Waals surface area contributed by atoms with Crippen molar-refractivity contribution < 1.29 is 13.2 Å². The highest BCUT2D eigenvalue weighted by Crippen LogP contribution is 2.20. The number of sulfonamides is 1. The van der Waals surface area contributed by atoms with Gasteiger partial charge in [-0.15, -0.1) is 0 Å². The Morgan fingerprint density at radius 1 is 0.969 bits per heavy atom. The molecule has 2 aromatic carbocycles. The van der Waals surface area contributed by atoms with E-state index in [0.717, 1.165) is 17.1 Å². The number of hydrogen-bond donors (Lipinski definition) is 0. The van der Waals surface area contributed by atoms with Crippen LogP contribution in [0.15, 0.2) is 59.5 Å². The number of benzene rings is 2. The fourth-order valence-electron chi connectivity index (χ4n) is 3.80. The number of nitriles is 1. The van der Waals surface area contributed by atoms with Crippen LogP contribution in [0.5, 0.6) is 0 Å². The van der Waals surface area contributed by atoms with Crippen LogP contribution in [0.1, 0.15) is 27.3 Å². The Balaban J connectivity index is 1.42. The third kappa shape index (κ3) is 4.15. The zero-order valence-corrected chi connectivity index (χ0v) is 18.7. The number of aryl methyl sites for hydroxylation is 2. The number of rotatable bonds is 4. The number of amides is 1. The second kappa shape index (κ2) is 8.57. The molecule has 0 unspecified atom stereocenters. The van der Waals surface area contributed by atoms with E-state index in [2.05, 4.69) is 5.10 Å². The molecule has 0 aliphatic carbocycles. The lowest BCUT2D eigenvalue weighted by molar-refractivity contribution is 0.0698. The van der Waals surface area contributed by atoms with Crippen molar-refractivity contribution in [1.29, 1.82) is 5.26 Å². The van der Waals surface area contributed by atoms with Crippen LogP contribution in [0.3, 0.4) is 0 Å². The number of carbonyl (C=O) groups is 1. The molecule has 0 bridgehead atoms. The molecule has 9 heteroatoms. The number of carbonyl (C=O) groups excluding carboxylic acids is 1. The lowest BCUT2D eigenvalue weighted by Gasteiger charge is -2.34. The first-order valence-electron chi connectivity index (χ1n) is 10.2. The van der Waals surface area contributed by atoms with Crippen LogP contribution in [-0.4, -0.2) is 59.5 Å². The topological polar surface area (TPSA) is 99.3 Å². The van der Waals surface area contributed by atoms with Gasteiger partial charge in [-0.25, -0.2) is 13.1 Å². The molecule has 1 aromatic heterocycles. The van der Waals surface area contributed by atoms with Gasteiger partial charge < -0.3 is 4.90 Å². The normalized spacial score (nSPS) is 14.8. The standard InChI is InChI=1S/C23H23N5O3S/c1-17-15-18(2)28(25-17)21-7-5-20(6-8-21)23(29)26-11-13-27(14-12-26)32(30,31)22-9-3-19(16-24)4-10-22/h3-10,15H,11-14H2,1-2H3. The van der Waals surface area contributed by atoms with Gasteiger partial charge in [0.2, 0.25) is 10.0 Å². The Morgan fingerprint density at radius 3 is 2.12 bits per heavy atom. The molecule has 164 valence electrons. The lowest BCUT2D eigenvalue weighted by Crippen LogP contribution is -2.50. The zero-order valence-electron chi connectivity index (χ0n) is 17.9. The van der Waals surface area contributed by atoms with Crippen molar-refractivity contribution in [2.24, 2.45) is 0 Å². The minimum absolute atomic E-state index is 0.125. The van der Waals surface area contributed by atoms with Gasteiger partial charge in [-0.1, -0.05) is 0 Å². The molecule has 4 rings (SSSR count). The van der Waals surface area contributed by atoms with Gasteiger partial charge in [-0.3, -0.25) is 4.79 Å². The third-order valence-electron chi connectivity index (χ3n) is 5.52. The van der Waals surface area contributed by atoms with E-state index in [1.807, 2.05) is 42.8 Å². The summed E-state index contributed by atoms with van der Waals surface area (Å²) in [6.07, 6.45) is 0. The molecule has 8 nitrogen and oxygen atoms in total. The van der Waals surface area contributed by atoms with Gasteiger partial charge in [-0.2, -0.15) is 14.7 Å². The maximum Gasteiger partial charge on any atom is 0.253 e. The first-order valence-corrected chi connectivity index (χ1v) is 11.7. The quantitative estimate of drug-likeness (QED) is 0.609. The molecule has 0 N–H and O–H groups in total. The summed E-state index contributed by atoms with van der Waals surface area (Å²) in [5, 5.41) is 13.3. The van der Waals surface area contributed by atoms with Crippen LogP contribution in [0.25, 0.3) is 5.69 Å². The highest BCUT2D eigenvalue weighted by molar-refractivity contribution is 7.89. The maximum absolute atomic E-state index is 12.9. The average Bonchev–Trinajstić information content (AvgIpc) is 3.16. The highest BCUT2D eigenvalue weighted by Gasteiger charge is 2.30. The van der Waals surface area contributed by atoms with Gasteiger partial charge in [0.1, 0.15) is 0 Å². The Morgan fingerprint density at radius 2 is 1.59 bits per heavy atom. The molecule has 0 saturated carbocycles. The molecular formula is C23H23N5O3S. The molecule has 2 heterocycles. The molecule has 1 amide bonds. The summed E-state index contributed by atoms with van der Waals surface area (Å²) < 4.78 is 28.9. The first kappa shape index (κ1) is 21.7. The molecule has 0 spiro atoms. The molecule has 1 aliphatic rings. The van der Waals surface area contributed by atoms with E-state index in [1.54, 1.807) is 17.0 Å². The van der Waals surface area contributed by atoms with Crippen LogP contribution >= 0.6 is 0 Å². The van der Waals surface area contributed by atoms with E-state index >= 15 is 0 Å². The van der Waals surface area contributed by atoms with Crippen molar-refractivity contribution in [1.82, 2.24) is 19.0 Å². The smallest absolute Gasteiger partial charge is 0.253 e. The number of hydrogen-bond acceptors (Lipinski definition) is 5. The maximum atomic E-state index is 12.9. The summed E-state index contributed by atoms with van der Waals surface area (Å²) in [6.45, 7) is 4.98. The van der Waals surface area contributed by atoms with Gasteiger partial charge in [-0.05, 0) is 68.4 Å². The van der Waals surface area contributed by atoms with Gasteiger partial charge in [0.25, 0.3) is 5.91 Å². The first-order chi connectivity index (χ1) is 15.3. The van der Waals surface area contributed by atoms with Crippen molar-refractivity contribution in [3.05, 3.63) is 77.1 Å². The molecule has 1 saturated heterocycles. The fourth-order valence-corrected chi connectivity index (χ4v) is 5.22.